The first-order valence-electron chi connectivity index (χ1n) is 7.21. The molecule has 2 heterocycles. The van der Waals surface area contributed by atoms with Crippen molar-refractivity contribution < 1.29 is 14.9 Å². The van der Waals surface area contributed by atoms with Crippen LogP contribution in [-0.2, 0) is 17.9 Å². The number of aromatic nitrogens is 1. The molecule has 1 atom stereocenters. The largest absolute Gasteiger partial charge is 0.506 e. The van der Waals surface area contributed by atoms with Gasteiger partial charge >= 0.3 is 0 Å². The topological polar surface area (TPSA) is 74.6 Å². The maximum atomic E-state index is 10.1. The van der Waals surface area contributed by atoms with Gasteiger partial charge in [0.05, 0.1) is 12.3 Å². The van der Waals surface area contributed by atoms with E-state index in [0.29, 0.717) is 29.8 Å². The molecule has 5 nitrogen and oxygen atoms in total. The van der Waals surface area contributed by atoms with E-state index in [4.69, 9.17) is 4.74 Å². The van der Waals surface area contributed by atoms with Crippen molar-refractivity contribution in [3.8, 4) is 5.75 Å². The molecule has 1 aromatic rings. The fourth-order valence-electron chi connectivity index (χ4n) is 2.66. The number of aliphatic hydroxyl groups is 1. The molecule has 1 fully saturated rings. The summed E-state index contributed by atoms with van der Waals surface area (Å²) in [6.45, 7) is 6.03. The normalized spacial score (nSPS) is 18.1. The van der Waals surface area contributed by atoms with Crippen molar-refractivity contribution in [2.24, 2.45) is 5.92 Å². The summed E-state index contributed by atoms with van der Waals surface area (Å²) in [5, 5.41) is 22.9. The van der Waals surface area contributed by atoms with E-state index < -0.39 is 0 Å². The van der Waals surface area contributed by atoms with Gasteiger partial charge in [0.15, 0.2) is 0 Å². The van der Waals surface area contributed by atoms with Crippen molar-refractivity contribution >= 4 is 0 Å². The Morgan fingerprint density at radius 2 is 2.15 bits per heavy atom. The number of nitrogens with one attached hydrogen (secondary N) is 1. The molecule has 0 radical (unpaired) electrons. The highest BCUT2D eigenvalue weighted by Gasteiger charge is 2.21. The molecule has 112 valence electrons. The van der Waals surface area contributed by atoms with E-state index in [2.05, 4.69) is 17.2 Å². The SMILES string of the molecule is Cc1ncc(CO)c(CNC(C)C2CCOCC2)c1O. The maximum absolute atomic E-state index is 10.1. The summed E-state index contributed by atoms with van der Waals surface area (Å²) in [6, 6.07) is 0.360. The van der Waals surface area contributed by atoms with Gasteiger partial charge in [-0.25, -0.2) is 0 Å². The highest BCUT2D eigenvalue weighted by Crippen LogP contribution is 2.25. The Kier molecular flexibility index (Phi) is 5.34. The average Bonchev–Trinajstić information content (AvgIpc) is 2.49. The lowest BCUT2D eigenvalue weighted by Gasteiger charge is -2.28. The number of hydrogen-bond acceptors (Lipinski definition) is 5. The summed E-state index contributed by atoms with van der Waals surface area (Å²) in [5.41, 5.74) is 2.02. The van der Waals surface area contributed by atoms with E-state index in [0.717, 1.165) is 31.6 Å². The van der Waals surface area contributed by atoms with Crippen LogP contribution in [0.1, 0.15) is 36.6 Å². The molecule has 0 aliphatic carbocycles. The van der Waals surface area contributed by atoms with Gasteiger partial charge in [0.25, 0.3) is 0 Å². The van der Waals surface area contributed by atoms with Gasteiger partial charge in [-0.05, 0) is 32.6 Å². The first-order chi connectivity index (χ1) is 9.63. The Balaban J connectivity index is 2.01. The molecule has 2 rings (SSSR count). The minimum Gasteiger partial charge on any atom is -0.506 e. The molecule has 3 N–H and O–H groups in total. The van der Waals surface area contributed by atoms with Crippen LogP contribution in [0.15, 0.2) is 6.20 Å². The van der Waals surface area contributed by atoms with Crippen molar-refractivity contribution in [2.45, 2.75) is 45.9 Å². The predicted octanol–water partition coefficient (Wildman–Crippen LogP) is 1.49. The van der Waals surface area contributed by atoms with Gasteiger partial charge in [0, 0.05) is 43.1 Å². The number of ether oxygens (including phenoxy) is 1. The Bertz CT molecular complexity index is 445. The van der Waals surface area contributed by atoms with Crippen LogP contribution in [0.25, 0.3) is 0 Å². The first kappa shape index (κ1) is 15.2. The third-order valence-electron chi connectivity index (χ3n) is 4.17. The van der Waals surface area contributed by atoms with Crippen LogP contribution in [0.3, 0.4) is 0 Å². The van der Waals surface area contributed by atoms with Crippen LogP contribution in [0, 0.1) is 12.8 Å². The zero-order chi connectivity index (χ0) is 14.5. The molecule has 0 bridgehead atoms. The highest BCUT2D eigenvalue weighted by molar-refractivity contribution is 5.40. The lowest BCUT2D eigenvalue weighted by molar-refractivity contribution is 0.0557. The summed E-state index contributed by atoms with van der Waals surface area (Å²) >= 11 is 0. The molecule has 1 saturated heterocycles. The fraction of sp³-hybridized carbons (Fsp3) is 0.667. The molecule has 1 aromatic heterocycles. The van der Waals surface area contributed by atoms with E-state index in [1.54, 1.807) is 13.1 Å². The van der Waals surface area contributed by atoms with Gasteiger partial charge in [-0.1, -0.05) is 0 Å². The molecule has 1 unspecified atom stereocenters. The predicted molar refractivity (Wildman–Crippen MR) is 76.4 cm³/mol. The first-order valence-corrected chi connectivity index (χ1v) is 7.21. The number of nitrogens with zero attached hydrogens (tertiary/aromatic N) is 1. The Hall–Kier alpha value is -1.17. The molecule has 5 heteroatoms. The maximum Gasteiger partial charge on any atom is 0.141 e. The quantitative estimate of drug-likeness (QED) is 0.762. The van der Waals surface area contributed by atoms with E-state index in [1.807, 2.05) is 0 Å². The van der Waals surface area contributed by atoms with Gasteiger partial charge in [0.1, 0.15) is 5.75 Å². The number of aromatic hydroxyl groups is 1. The number of rotatable bonds is 5. The molecule has 1 aliphatic heterocycles. The smallest absolute Gasteiger partial charge is 0.141 e. The van der Waals surface area contributed by atoms with Crippen LogP contribution in [0.5, 0.6) is 5.75 Å². The highest BCUT2D eigenvalue weighted by atomic mass is 16.5. The standard InChI is InChI=1S/C15H24N2O3/c1-10(12-3-5-20-6-4-12)17-8-14-13(9-18)7-16-11(2)15(14)19/h7,10,12,17-19H,3-6,8-9H2,1-2H3. The molecule has 0 aromatic carbocycles. The molecular weight excluding hydrogens is 256 g/mol. The molecule has 0 spiro atoms. The number of pyridine rings is 1. The van der Waals surface area contributed by atoms with Crippen molar-refractivity contribution in [3.05, 3.63) is 23.0 Å². The molecule has 0 saturated carbocycles. The van der Waals surface area contributed by atoms with Gasteiger partial charge in [-0.15, -0.1) is 0 Å². The second-order valence-corrected chi connectivity index (χ2v) is 5.47. The van der Waals surface area contributed by atoms with Crippen LogP contribution in [0.2, 0.25) is 0 Å². The Labute approximate surface area is 120 Å². The molecule has 1 aliphatic rings. The zero-order valence-electron chi connectivity index (χ0n) is 12.2. The number of aryl methyl sites for hydroxylation is 1. The van der Waals surface area contributed by atoms with Gasteiger partial charge in [0.2, 0.25) is 0 Å². The second kappa shape index (κ2) is 7.02. The van der Waals surface area contributed by atoms with Gasteiger partial charge in [-0.2, -0.15) is 0 Å². The summed E-state index contributed by atoms with van der Waals surface area (Å²) in [4.78, 5) is 4.07. The third-order valence-corrected chi connectivity index (χ3v) is 4.17. The summed E-state index contributed by atoms with van der Waals surface area (Å²) in [5.74, 6) is 0.787. The summed E-state index contributed by atoms with van der Waals surface area (Å²) in [6.07, 6.45) is 3.77. The lowest BCUT2D eigenvalue weighted by Crippen LogP contribution is -2.36. The zero-order valence-corrected chi connectivity index (χ0v) is 12.2. The fourth-order valence-corrected chi connectivity index (χ4v) is 2.66. The lowest BCUT2D eigenvalue weighted by atomic mass is 9.92. The second-order valence-electron chi connectivity index (χ2n) is 5.47. The third kappa shape index (κ3) is 3.48. The van der Waals surface area contributed by atoms with Crippen molar-refractivity contribution in [3.63, 3.8) is 0 Å². The summed E-state index contributed by atoms with van der Waals surface area (Å²) in [7, 11) is 0. The molecule has 20 heavy (non-hydrogen) atoms. The van der Waals surface area contributed by atoms with Crippen LogP contribution in [-0.4, -0.2) is 34.5 Å². The average molecular weight is 280 g/mol. The minimum atomic E-state index is -0.108. The number of hydrogen-bond donors (Lipinski definition) is 3. The van der Waals surface area contributed by atoms with Crippen LogP contribution in [0.4, 0.5) is 0 Å². The number of aliphatic hydroxyl groups excluding tert-OH is 1. The van der Waals surface area contributed by atoms with Crippen molar-refractivity contribution in [1.82, 2.24) is 10.3 Å². The minimum absolute atomic E-state index is 0.108. The van der Waals surface area contributed by atoms with E-state index >= 15 is 0 Å². The van der Waals surface area contributed by atoms with Crippen LogP contribution >= 0.6 is 0 Å². The Morgan fingerprint density at radius 3 is 2.80 bits per heavy atom. The molecular formula is C15H24N2O3. The monoisotopic (exact) mass is 280 g/mol. The van der Waals surface area contributed by atoms with Gasteiger partial charge in [-0.3, -0.25) is 4.98 Å². The van der Waals surface area contributed by atoms with Crippen LogP contribution < -0.4 is 5.32 Å². The van der Waals surface area contributed by atoms with E-state index in [1.165, 1.54) is 0 Å². The summed E-state index contributed by atoms with van der Waals surface area (Å²) < 4.78 is 5.37. The molecule has 0 amide bonds. The van der Waals surface area contributed by atoms with Gasteiger partial charge < -0.3 is 20.3 Å². The Morgan fingerprint density at radius 1 is 1.45 bits per heavy atom. The van der Waals surface area contributed by atoms with Crippen molar-refractivity contribution in [2.75, 3.05) is 13.2 Å². The van der Waals surface area contributed by atoms with Crippen molar-refractivity contribution in [1.29, 1.82) is 0 Å². The van der Waals surface area contributed by atoms with E-state index in [9.17, 15) is 10.2 Å². The van der Waals surface area contributed by atoms with E-state index in [-0.39, 0.29) is 12.4 Å².